The van der Waals surface area contributed by atoms with Gasteiger partial charge >= 0.3 is 5.97 Å². The van der Waals surface area contributed by atoms with E-state index in [-0.39, 0.29) is 24.5 Å². The van der Waals surface area contributed by atoms with Crippen molar-refractivity contribution < 1.29 is 52.9 Å². The lowest BCUT2D eigenvalue weighted by Gasteiger charge is -2.49. The number of hydrogen-bond donors (Lipinski definition) is 2. The van der Waals surface area contributed by atoms with Crippen LogP contribution in [0.5, 0.6) is 0 Å². The molecule has 12 nitrogen and oxygen atoms in total. The Morgan fingerprint density at radius 1 is 1.00 bits per heavy atom. The third-order valence-electron chi connectivity index (χ3n) is 12.2. The molecule has 0 radical (unpaired) electrons. The van der Waals surface area contributed by atoms with Gasteiger partial charge in [0.2, 0.25) is 0 Å². The number of aliphatic hydroxyl groups is 2. The fourth-order valence-corrected chi connectivity index (χ4v) is 9.37. The molecular weight excluding hydrogens is 634 g/mol. The Bertz CT molecular complexity index is 1230. The van der Waals surface area contributed by atoms with E-state index in [2.05, 4.69) is 6.92 Å². The molecule has 282 valence electrons. The highest BCUT2D eigenvalue weighted by Crippen LogP contribution is 2.56. The number of carbonyl (C=O) groups is 1. The summed E-state index contributed by atoms with van der Waals surface area (Å²) in [5.74, 6) is -2.88. The van der Waals surface area contributed by atoms with Crippen LogP contribution < -0.4 is 0 Å². The second kappa shape index (κ2) is 14.0. The number of likely N-dealkylation sites (N-methyl/N-ethyl adjacent to an activating group) is 1. The van der Waals surface area contributed by atoms with E-state index in [4.69, 9.17) is 37.9 Å². The van der Waals surface area contributed by atoms with Crippen LogP contribution in [-0.2, 0) is 42.7 Å². The van der Waals surface area contributed by atoms with Crippen molar-refractivity contribution in [3.63, 3.8) is 0 Å². The second-order valence-electron chi connectivity index (χ2n) is 16.4. The van der Waals surface area contributed by atoms with Crippen LogP contribution in [0.25, 0.3) is 0 Å². The van der Waals surface area contributed by atoms with Crippen molar-refractivity contribution in [1.82, 2.24) is 4.90 Å². The van der Waals surface area contributed by atoms with E-state index in [1.165, 1.54) is 0 Å². The van der Waals surface area contributed by atoms with E-state index in [1.807, 2.05) is 73.5 Å². The number of fused-ring (bicyclic) bond motifs is 2. The Morgan fingerprint density at radius 2 is 1.67 bits per heavy atom. The smallest absolute Gasteiger partial charge is 0.311 e. The Kier molecular flexibility index (Phi) is 11.1. The van der Waals surface area contributed by atoms with Gasteiger partial charge in [0.25, 0.3) is 0 Å². The maximum absolute atomic E-state index is 14.2. The van der Waals surface area contributed by atoms with Gasteiger partial charge in [0.1, 0.15) is 23.9 Å². The fraction of sp³-hybridized carbons (Fsp3) is 0.919. The first-order chi connectivity index (χ1) is 22.7. The fourth-order valence-electron chi connectivity index (χ4n) is 9.37. The van der Waals surface area contributed by atoms with Gasteiger partial charge < -0.3 is 53.0 Å². The standard InChI is InChI=1S/C37H63NO11/c1-14-26-34(8)16-19(2)37(48-34)20(3)17-36(10,49-37)31(47-33-28(39)25(38(11)12)15-21(4)43-33)22(5)29(23(6)32(41)45-26)46-27-18-35(9,42-13)30(40)24(7)44-27/h16,20-31,33,39-40H,14-15,17-18H2,1-13H3/t20-,21-,22+,23-,24+,25+,26-,27+,28-,29+,30+,31-,33+,34+,35-,36+,37-/m1/s1. The van der Waals surface area contributed by atoms with E-state index >= 15 is 0 Å². The zero-order valence-electron chi connectivity index (χ0n) is 31.9. The summed E-state index contributed by atoms with van der Waals surface area (Å²) in [4.78, 5) is 16.2. The monoisotopic (exact) mass is 697 g/mol. The van der Waals surface area contributed by atoms with E-state index in [0.29, 0.717) is 19.3 Å². The maximum Gasteiger partial charge on any atom is 0.311 e. The molecule has 49 heavy (non-hydrogen) atoms. The van der Waals surface area contributed by atoms with Crippen LogP contribution in [0.15, 0.2) is 11.6 Å². The summed E-state index contributed by atoms with van der Waals surface area (Å²) in [5, 5.41) is 22.5. The third kappa shape index (κ3) is 6.89. The molecule has 0 unspecified atom stereocenters. The number of ether oxygens (including phenoxy) is 8. The van der Waals surface area contributed by atoms with Crippen molar-refractivity contribution in [2.75, 3.05) is 21.2 Å². The minimum Gasteiger partial charge on any atom is -0.459 e. The summed E-state index contributed by atoms with van der Waals surface area (Å²) < 4.78 is 52.5. The Balaban J connectivity index is 1.60. The lowest BCUT2D eigenvalue weighted by molar-refractivity contribution is -0.337. The number of esters is 1. The maximum atomic E-state index is 14.2. The van der Waals surface area contributed by atoms with Crippen molar-refractivity contribution in [3.05, 3.63) is 11.6 Å². The minimum absolute atomic E-state index is 0.0864. The molecule has 5 heterocycles. The molecule has 12 heteroatoms. The number of nitrogens with zero attached hydrogens (tertiary/aromatic N) is 1. The van der Waals surface area contributed by atoms with E-state index in [1.54, 1.807) is 21.0 Å². The highest BCUT2D eigenvalue weighted by Gasteiger charge is 2.65. The molecule has 3 bridgehead atoms. The molecule has 5 aliphatic heterocycles. The zero-order chi connectivity index (χ0) is 36.4. The lowest BCUT2D eigenvalue weighted by atomic mass is 9.78. The highest BCUT2D eigenvalue weighted by molar-refractivity contribution is 5.73. The molecular formula is C37H63NO11. The number of methoxy groups -OCH3 is 1. The van der Waals surface area contributed by atoms with Gasteiger partial charge in [-0.05, 0) is 93.5 Å². The predicted molar refractivity (Wildman–Crippen MR) is 180 cm³/mol. The van der Waals surface area contributed by atoms with Crippen molar-refractivity contribution in [2.45, 2.75) is 179 Å². The van der Waals surface area contributed by atoms with Gasteiger partial charge in [-0.2, -0.15) is 0 Å². The molecule has 5 aliphatic rings. The van der Waals surface area contributed by atoms with Crippen molar-refractivity contribution in [2.24, 2.45) is 17.8 Å². The summed E-state index contributed by atoms with van der Waals surface area (Å²) in [6.45, 7) is 19.4. The number of aliphatic hydroxyl groups excluding tert-OH is 2. The summed E-state index contributed by atoms with van der Waals surface area (Å²) in [6.07, 6.45) is -2.44. The van der Waals surface area contributed by atoms with Gasteiger partial charge in [-0.1, -0.05) is 20.8 Å². The quantitative estimate of drug-likeness (QED) is 0.295. The third-order valence-corrected chi connectivity index (χ3v) is 12.2. The van der Waals surface area contributed by atoms with Crippen LogP contribution in [0.4, 0.5) is 0 Å². The summed E-state index contributed by atoms with van der Waals surface area (Å²) in [7, 11) is 5.44. The van der Waals surface area contributed by atoms with Gasteiger partial charge in [0, 0.05) is 31.4 Å². The second-order valence-corrected chi connectivity index (χ2v) is 16.4. The zero-order valence-corrected chi connectivity index (χ0v) is 31.9. The van der Waals surface area contributed by atoms with E-state index in [0.717, 1.165) is 5.57 Å². The summed E-state index contributed by atoms with van der Waals surface area (Å²) >= 11 is 0. The van der Waals surface area contributed by atoms with Gasteiger partial charge in [-0.25, -0.2) is 0 Å². The van der Waals surface area contributed by atoms with Crippen LogP contribution in [0.3, 0.4) is 0 Å². The first kappa shape index (κ1) is 39.0. The molecule has 0 saturated carbocycles. The average molecular weight is 698 g/mol. The van der Waals surface area contributed by atoms with Crippen LogP contribution in [0.1, 0.15) is 94.9 Å². The molecule has 5 rings (SSSR count). The van der Waals surface area contributed by atoms with Crippen molar-refractivity contribution in [1.29, 1.82) is 0 Å². The molecule has 17 atom stereocenters. The number of carbonyl (C=O) groups excluding carboxylic acids is 1. The van der Waals surface area contributed by atoms with E-state index in [9.17, 15) is 15.0 Å². The van der Waals surface area contributed by atoms with Crippen molar-refractivity contribution in [3.8, 4) is 0 Å². The first-order valence-electron chi connectivity index (χ1n) is 18.2. The molecule has 0 aromatic heterocycles. The number of hydrogen-bond acceptors (Lipinski definition) is 12. The van der Waals surface area contributed by atoms with Crippen LogP contribution in [0, 0.1) is 17.8 Å². The summed E-state index contributed by atoms with van der Waals surface area (Å²) in [6, 6.07) is -0.191. The van der Waals surface area contributed by atoms with Gasteiger partial charge in [-0.15, -0.1) is 0 Å². The molecule has 0 aromatic carbocycles. The number of cyclic esters (lactones) is 1. The van der Waals surface area contributed by atoms with Gasteiger partial charge in [0.05, 0.1) is 41.5 Å². The minimum atomic E-state index is -1.07. The molecule has 0 aromatic rings. The topological polar surface area (TPSA) is 135 Å². The Morgan fingerprint density at radius 3 is 2.29 bits per heavy atom. The first-order valence-corrected chi connectivity index (χ1v) is 18.2. The number of rotatable bonds is 7. The SMILES string of the molecule is CC[C@H]1OC(=O)[C@H](C)[C@@H](O[C@H]2C[C@@](C)(OC)[C@@H](O)[C@H](C)O2)[C@H](C)[C@@H](O[C@@H]2O[C@H](C)C[C@H](N(C)C)[C@H]2O)[C@]2(C)C[C@@H](C)[C@]3(O[C@@]1(C)C=C3C)O2. The van der Waals surface area contributed by atoms with Crippen LogP contribution in [0.2, 0.25) is 0 Å². The highest BCUT2D eigenvalue weighted by atomic mass is 16.8. The molecule has 1 spiro atoms. The van der Waals surface area contributed by atoms with Crippen molar-refractivity contribution >= 4 is 5.97 Å². The van der Waals surface area contributed by atoms with Gasteiger partial charge in [-0.3, -0.25) is 4.79 Å². The summed E-state index contributed by atoms with van der Waals surface area (Å²) in [5.41, 5.74) is -1.90. The normalized spacial score (nSPS) is 52.4. The molecule has 2 N–H and O–H groups in total. The predicted octanol–water partition coefficient (Wildman–Crippen LogP) is 3.94. The Labute approximate surface area is 293 Å². The average Bonchev–Trinajstić information content (AvgIpc) is 3.45. The van der Waals surface area contributed by atoms with Crippen LogP contribution in [-0.4, -0.2) is 126 Å². The molecule has 0 aliphatic carbocycles. The molecule has 4 fully saturated rings. The van der Waals surface area contributed by atoms with Gasteiger partial charge in [0.15, 0.2) is 18.4 Å². The Hall–Kier alpha value is -1.19. The van der Waals surface area contributed by atoms with Crippen LogP contribution >= 0.6 is 0 Å². The largest absolute Gasteiger partial charge is 0.459 e. The molecule has 0 amide bonds. The van der Waals surface area contributed by atoms with E-state index < -0.39 is 89.6 Å². The molecule has 4 saturated heterocycles. The lowest BCUT2D eigenvalue weighted by Crippen LogP contribution is -2.61.